The van der Waals surface area contributed by atoms with Crippen LogP contribution in [-0.4, -0.2) is 16.7 Å². The molecular formula is C15H8Cl2O3. The first kappa shape index (κ1) is 13.3. The number of Topliss-reactive ketones (excluding diaryl/α,β-unsaturated/α-hetero) is 2. The maximum atomic E-state index is 12.4. The van der Waals surface area contributed by atoms with Crippen LogP contribution >= 0.6 is 23.2 Å². The quantitative estimate of drug-likeness (QED) is 0.823. The van der Waals surface area contributed by atoms with Gasteiger partial charge in [-0.2, -0.15) is 0 Å². The van der Waals surface area contributed by atoms with Gasteiger partial charge in [0.05, 0.1) is 10.0 Å². The SMILES string of the molecule is O=C1c2ccccc2C(=O)C1(O)c1ccc(Cl)c(Cl)c1. The molecule has 0 bridgehead atoms. The van der Waals surface area contributed by atoms with Crippen molar-refractivity contribution >= 4 is 34.8 Å². The molecule has 0 heterocycles. The normalized spacial score (nSPS) is 16.4. The Bertz CT molecular complexity index is 718. The van der Waals surface area contributed by atoms with Crippen molar-refractivity contribution < 1.29 is 14.7 Å². The van der Waals surface area contributed by atoms with Gasteiger partial charge < -0.3 is 5.11 Å². The molecule has 0 fully saturated rings. The molecule has 0 atom stereocenters. The van der Waals surface area contributed by atoms with Crippen LogP contribution in [-0.2, 0) is 5.60 Å². The van der Waals surface area contributed by atoms with Gasteiger partial charge in [-0.05, 0) is 12.1 Å². The zero-order valence-electron chi connectivity index (χ0n) is 10.1. The number of ketones is 2. The van der Waals surface area contributed by atoms with E-state index in [2.05, 4.69) is 0 Å². The number of rotatable bonds is 1. The van der Waals surface area contributed by atoms with E-state index in [1.165, 1.54) is 30.3 Å². The average Bonchev–Trinajstić information content (AvgIpc) is 2.65. The highest BCUT2D eigenvalue weighted by Gasteiger charge is 2.53. The van der Waals surface area contributed by atoms with E-state index in [1.54, 1.807) is 12.1 Å². The third-order valence-corrected chi connectivity index (χ3v) is 4.15. The van der Waals surface area contributed by atoms with E-state index in [-0.39, 0.29) is 26.7 Å². The predicted molar refractivity (Wildman–Crippen MR) is 75.5 cm³/mol. The number of carbonyl (C=O) groups is 2. The van der Waals surface area contributed by atoms with Gasteiger partial charge in [0.25, 0.3) is 0 Å². The monoisotopic (exact) mass is 306 g/mol. The van der Waals surface area contributed by atoms with Crippen molar-refractivity contribution in [2.45, 2.75) is 5.60 Å². The molecule has 0 spiro atoms. The maximum Gasteiger partial charge on any atom is 0.216 e. The zero-order chi connectivity index (χ0) is 14.5. The number of hydrogen-bond acceptors (Lipinski definition) is 3. The summed E-state index contributed by atoms with van der Waals surface area (Å²) in [5.41, 5.74) is -1.67. The van der Waals surface area contributed by atoms with Gasteiger partial charge in [0, 0.05) is 16.7 Å². The number of halogens is 2. The van der Waals surface area contributed by atoms with Crippen molar-refractivity contribution in [3.05, 3.63) is 69.2 Å². The Balaban J connectivity index is 2.21. The largest absolute Gasteiger partial charge is 0.370 e. The van der Waals surface area contributed by atoms with Crippen LogP contribution in [0.2, 0.25) is 10.0 Å². The Hall–Kier alpha value is -1.68. The van der Waals surface area contributed by atoms with Crippen molar-refractivity contribution in [2.75, 3.05) is 0 Å². The number of carbonyl (C=O) groups excluding carboxylic acids is 2. The molecule has 0 aliphatic heterocycles. The van der Waals surface area contributed by atoms with Crippen LogP contribution in [0.5, 0.6) is 0 Å². The molecule has 1 N–H and O–H groups in total. The standard InChI is InChI=1S/C15H8Cl2O3/c16-11-6-5-8(7-12(11)17)15(20)13(18)9-3-1-2-4-10(9)14(15)19/h1-7,20H. The molecule has 3 nitrogen and oxygen atoms in total. The Morgan fingerprint density at radius 2 is 1.40 bits per heavy atom. The van der Waals surface area contributed by atoms with Crippen LogP contribution in [0.3, 0.4) is 0 Å². The molecule has 100 valence electrons. The number of hydrogen-bond donors (Lipinski definition) is 1. The average molecular weight is 307 g/mol. The molecule has 0 unspecified atom stereocenters. The highest BCUT2D eigenvalue weighted by Crippen LogP contribution is 2.39. The Labute approximate surface area is 124 Å². The first-order chi connectivity index (χ1) is 9.46. The van der Waals surface area contributed by atoms with Gasteiger partial charge in [-0.1, -0.05) is 53.5 Å². The van der Waals surface area contributed by atoms with Crippen LogP contribution in [0.1, 0.15) is 26.3 Å². The maximum absolute atomic E-state index is 12.4. The summed E-state index contributed by atoms with van der Waals surface area (Å²) < 4.78 is 0. The summed E-state index contributed by atoms with van der Waals surface area (Å²) in [5.74, 6) is -1.28. The van der Waals surface area contributed by atoms with Crippen LogP contribution < -0.4 is 0 Å². The first-order valence-electron chi connectivity index (χ1n) is 5.83. The molecule has 20 heavy (non-hydrogen) atoms. The minimum atomic E-state index is -2.22. The van der Waals surface area contributed by atoms with Crippen molar-refractivity contribution in [1.29, 1.82) is 0 Å². The molecule has 1 aliphatic rings. The van der Waals surface area contributed by atoms with Gasteiger partial charge in [0.15, 0.2) is 0 Å². The van der Waals surface area contributed by atoms with E-state index >= 15 is 0 Å². The van der Waals surface area contributed by atoms with E-state index in [9.17, 15) is 14.7 Å². The molecular weight excluding hydrogens is 299 g/mol. The number of benzene rings is 2. The molecule has 5 heteroatoms. The second kappa shape index (κ2) is 4.42. The smallest absolute Gasteiger partial charge is 0.216 e. The van der Waals surface area contributed by atoms with Gasteiger partial charge in [0.1, 0.15) is 0 Å². The minimum absolute atomic E-state index is 0.123. The number of aliphatic hydroxyl groups is 1. The lowest BCUT2D eigenvalue weighted by atomic mass is 9.89. The molecule has 0 radical (unpaired) electrons. The van der Waals surface area contributed by atoms with E-state index in [0.717, 1.165) is 0 Å². The highest BCUT2D eigenvalue weighted by atomic mass is 35.5. The molecule has 2 aromatic carbocycles. The third-order valence-electron chi connectivity index (χ3n) is 3.41. The summed E-state index contributed by atoms with van der Waals surface area (Å²) in [6.45, 7) is 0. The van der Waals surface area contributed by atoms with E-state index < -0.39 is 17.2 Å². The van der Waals surface area contributed by atoms with Crippen molar-refractivity contribution in [3.8, 4) is 0 Å². The number of fused-ring (bicyclic) bond motifs is 1. The lowest BCUT2D eigenvalue weighted by molar-refractivity contribution is 0.0321. The van der Waals surface area contributed by atoms with Crippen LogP contribution in [0.15, 0.2) is 42.5 Å². The summed E-state index contributed by atoms with van der Waals surface area (Å²) in [5, 5.41) is 11.1. The molecule has 0 saturated carbocycles. The predicted octanol–water partition coefficient (Wildman–Crippen LogP) is 3.26. The van der Waals surface area contributed by atoms with Crippen molar-refractivity contribution in [3.63, 3.8) is 0 Å². The van der Waals surface area contributed by atoms with Crippen molar-refractivity contribution in [1.82, 2.24) is 0 Å². The molecule has 0 amide bonds. The van der Waals surface area contributed by atoms with E-state index in [1.807, 2.05) is 0 Å². The Morgan fingerprint density at radius 3 is 1.90 bits per heavy atom. The van der Waals surface area contributed by atoms with Gasteiger partial charge in [-0.25, -0.2) is 0 Å². The van der Waals surface area contributed by atoms with E-state index in [0.29, 0.717) is 0 Å². The second-order valence-electron chi connectivity index (χ2n) is 4.54. The van der Waals surface area contributed by atoms with Crippen LogP contribution in [0.4, 0.5) is 0 Å². The molecule has 0 aromatic heterocycles. The Kier molecular flexibility index (Phi) is 2.94. The first-order valence-corrected chi connectivity index (χ1v) is 6.58. The van der Waals surface area contributed by atoms with Gasteiger partial charge >= 0.3 is 0 Å². The molecule has 2 aromatic rings. The molecule has 0 saturated heterocycles. The fraction of sp³-hybridized carbons (Fsp3) is 0.0667. The lowest BCUT2D eigenvalue weighted by Gasteiger charge is -2.19. The van der Waals surface area contributed by atoms with Gasteiger partial charge in [-0.3, -0.25) is 9.59 Å². The van der Waals surface area contributed by atoms with E-state index in [4.69, 9.17) is 23.2 Å². The minimum Gasteiger partial charge on any atom is -0.370 e. The fourth-order valence-corrected chi connectivity index (χ4v) is 2.65. The lowest BCUT2D eigenvalue weighted by Crippen LogP contribution is -2.38. The topological polar surface area (TPSA) is 54.4 Å². The van der Waals surface area contributed by atoms with Crippen LogP contribution in [0.25, 0.3) is 0 Å². The summed E-state index contributed by atoms with van der Waals surface area (Å²) in [6.07, 6.45) is 0. The summed E-state index contributed by atoms with van der Waals surface area (Å²) >= 11 is 11.7. The van der Waals surface area contributed by atoms with Gasteiger partial charge in [-0.15, -0.1) is 0 Å². The van der Waals surface area contributed by atoms with Gasteiger partial charge in [0.2, 0.25) is 17.2 Å². The highest BCUT2D eigenvalue weighted by molar-refractivity contribution is 6.42. The zero-order valence-corrected chi connectivity index (χ0v) is 11.6. The van der Waals surface area contributed by atoms with Crippen molar-refractivity contribution in [2.24, 2.45) is 0 Å². The third kappa shape index (κ3) is 1.64. The molecule has 3 rings (SSSR count). The summed E-state index contributed by atoms with van der Waals surface area (Å²) in [6, 6.07) is 10.5. The Morgan fingerprint density at radius 1 is 0.850 bits per heavy atom. The van der Waals surface area contributed by atoms with Crippen LogP contribution in [0, 0.1) is 0 Å². The summed E-state index contributed by atoms with van der Waals surface area (Å²) in [7, 11) is 0. The fourth-order valence-electron chi connectivity index (χ4n) is 2.36. The second-order valence-corrected chi connectivity index (χ2v) is 5.36. The summed E-state index contributed by atoms with van der Waals surface area (Å²) in [4.78, 5) is 24.8. The molecule has 1 aliphatic carbocycles.